The molecule has 2 aromatic heterocycles. The van der Waals surface area contributed by atoms with E-state index >= 15 is 0 Å². The topological polar surface area (TPSA) is 105 Å². The van der Waals surface area contributed by atoms with Crippen molar-refractivity contribution in [3.05, 3.63) is 36.5 Å². The van der Waals surface area contributed by atoms with Crippen molar-refractivity contribution in [2.45, 2.75) is 32.0 Å². The summed E-state index contributed by atoms with van der Waals surface area (Å²) in [5, 5.41) is 12.3. The number of benzene rings is 1. The molecule has 1 saturated heterocycles. The molecule has 3 heterocycles. The van der Waals surface area contributed by atoms with Gasteiger partial charge in [0, 0.05) is 31.7 Å². The average molecular weight is 468 g/mol. The normalized spacial score (nSPS) is 16.1. The number of amides is 2. The van der Waals surface area contributed by atoms with Gasteiger partial charge in [-0.1, -0.05) is 43.8 Å². The Labute approximate surface area is 197 Å². The van der Waals surface area contributed by atoms with Gasteiger partial charge in [-0.2, -0.15) is 5.10 Å². The number of para-hydroxylation sites is 1. The third kappa shape index (κ3) is 5.27. The fraction of sp³-hybridized carbons (Fsp3) is 0.435. The van der Waals surface area contributed by atoms with Gasteiger partial charge in [-0.05, 0) is 24.3 Å². The van der Waals surface area contributed by atoms with Crippen LogP contribution in [0.3, 0.4) is 0 Å². The summed E-state index contributed by atoms with van der Waals surface area (Å²) in [4.78, 5) is 36.0. The Kier molecular flexibility index (Phi) is 7.12. The van der Waals surface area contributed by atoms with Crippen LogP contribution in [0.15, 0.2) is 41.7 Å². The van der Waals surface area contributed by atoms with Crippen molar-refractivity contribution < 1.29 is 9.59 Å². The summed E-state index contributed by atoms with van der Waals surface area (Å²) in [6, 6.07) is 9.45. The minimum atomic E-state index is -0.357. The van der Waals surface area contributed by atoms with E-state index in [1.165, 1.54) is 11.8 Å². The second-order valence-electron chi connectivity index (χ2n) is 8.47. The highest BCUT2D eigenvalue weighted by Gasteiger charge is 2.34. The molecule has 1 fully saturated rings. The van der Waals surface area contributed by atoms with E-state index in [4.69, 9.17) is 0 Å². The van der Waals surface area contributed by atoms with Crippen molar-refractivity contribution in [3.8, 4) is 0 Å². The quantitative estimate of drug-likeness (QED) is 0.368. The van der Waals surface area contributed by atoms with Crippen LogP contribution >= 0.6 is 11.8 Å². The summed E-state index contributed by atoms with van der Waals surface area (Å²) in [5.74, 6) is 0.764. The number of rotatable bonds is 9. The molecule has 33 heavy (non-hydrogen) atoms. The summed E-state index contributed by atoms with van der Waals surface area (Å²) in [5.41, 5.74) is 1.56. The number of nitrogens with one attached hydrogen (secondary N) is 2. The summed E-state index contributed by atoms with van der Waals surface area (Å²) in [7, 11) is 0. The predicted molar refractivity (Wildman–Crippen MR) is 130 cm³/mol. The maximum absolute atomic E-state index is 12.7. The fourth-order valence-corrected chi connectivity index (χ4v) is 4.16. The van der Waals surface area contributed by atoms with Gasteiger partial charge in [-0.3, -0.25) is 9.59 Å². The van der Waals surface area contributed by atoms with Gasteiger partial charge in [0.1, 0.15) is 5.82 Å². The molecule has 1 unspecified atom stereocenters. The highest BCUT2D eigenvalue weighted by Crippen LogP contribution is 2.25. The first kappa shape index (κ1) is 23.0. The highest BCUT2D eigenvalue weighted by atomic mass is 32.2. The molecule has 10 heteroatoms. The van der Waals surface area contributed by atoms with Crippen molar-refractivity contribution in [1.82, 2.24) is 25.1 Å². The lowest BCUT2D eigenvalue weighted by molar-refractivity contribution is -0.126. The molecule has 1 aliphatic rings. The second kappa shape index (κ2) is 10.2. The minimum absolute atomic E-state index is 0.0258. The van der Waals surface area contributed by atoms with Crippen molar-refractivity contribution in [2.75, 3.05) is 36.1 Å². The molecule has 2 amide bonds. The van der Waals surface area contributed by atoms with Gasteiger partial charge in [0.15, 0.2) is 10.8 Å². The van der Waals surface area contributed by atoms with E-state index in [1.807, 2.05) is 36.6 Å². The molecule has 4 rings (SSSR count). The third-order valence-electron chi connectivity index (χ3n) is 5.52. The van der Waals surface area contributed by atoms with E-state index in [0.29, 0.717) is 30.7 Å². The number of carbonyl (C=O) groups excluding carboxylic acids is 2. The van der Waals surface area contributed by atoms with Gasteiger partial charge in [-0.25, -0.2) is 14.6 Å². The Morgan fingerprint density at radius 2 is 2.03 bits per heavy atom. The monoisotopic (exact) mass is 467 g/mol. The van der Waals surface area contributed by atoms with Gasteiger partial charge in [0.05, 0.1) is 24.0 Å². The van der Waals surface area contributed by atoms with Crippen LogP contribution in [0, 0.1) is 11.8 Å². The maximum atomic E-state index is 12.7. The number of carbonyl (C=O) groups is 2. The Morgan fingerprint density at radius 3 is 2.76 bits per heavy atom. The number of fused-ring (bicyclic) bond motifs is 1. The van der Waals surface area contributed by atoms with Crippen LogP contribution in [-0.2, 0) is 16.1 Å². The average Bonchev–Trinajstić information content (AvgIpc) is 3.41. The van der Waals surface area contributed by atoms with Crippen molar-refractivity contribution >= 4 is 46.1 Å². The Morgan fingerprint density at radius 1 is 1.24 bits per heavy atom. The molecular weight excluding hydrogens is 438 g/mol. The summed E-state index contributed by atoms with van der Waals surface area (Å²) in [6.07, 6.45) is 3.92. The van der Waals surface area contributed by atoms with Crippen molar-refractivity contribution in [1.29, 1.82) is 0 Å². The standard InChI is InChI=1S/C23H29N7O2S/c1-15(2)12-25-20-18-13-26-30(21(18)28-23(27-20)33-3)10-9-24-22(32)16-11-19(31)29(14-16)17-7-5-4-6-8-17/h4-8,13,15-16H,9-12,14H2,1-3H3,(H,24,32)(H,25,27,28). The molecule has 1 aromatic carbocycles. The zero-order valence-electron chi connectivity index (χ0n) is 19.1. The van der Waals surface area contributed by atoms with E-state index in [2.05, 4.69) is 39.5 Å². The highest BCUT2D eigenvalue weighted by molar-refractivity contribution is 7.98. The molecule has 2 N–H and O–H groups in total. The van der Waals surface area contributed by atoms with E-state index in [9.17, 15) is 9.59 Å². The van der Waals surface area contributed by atoms with Crippen LogP contribution in [0.2, 0.25) is 0 Å². The van der Waals surface area contributed by atoms with Gasteiger partial charge >= 0.3 is 0 Å². The summed E-state index contributed by atoms with van der Waals surface area (Å²) >= 11 is 1.48. The molecule has 9 nitrogen and oxygen atoms in total. The Bertz CT molecular complexity index is 1130. The SMILES string of the molecule is CSc1nc(NCC(C)C)c2cnn(CCNC(=O)C3CC(=O)N(c4ccccc4)C3)c2n1. The number of thioether (sulfide) groups is 1. The number of aromatic nitrogens is 4. The number of hydrogen-bond acceptors (Lipinski definition) is 7. The maximum Gasteiger partial charge on any atom is 0.227 e. The van der Waals surface area contributed by atoms with Gasteiger partial charge in [0.2, 0.25) is 11.8 Å². The molecule has 0 radical (unpaired) electrons. The Balaban J connectivity index is 1.38. The zero-order valence-corrected chi connectivity index (χ0v) is 19.9. The first-order valence-corrected chi connectivity index (χ1v) is 12.3. The van der Waals surface area contributed by atoms with Crippen LogP contribution < -0.4 is 15.5 Å². The fourth-order valence-electron chi connectivity index (χ4n) is 3.80. The molecule has 1 atom stereocenters. The van der Waals surface area contributed by atoms with E-state index in [-0.39, 0.29) is 24.2 Å². The Hall–Kier alpha value is -3.14. The summed E-state index contributed by atoms with van der Waals surface area (Å²) in [6.45, 7) is 6.37. The minimum Gasteiger partial charge on any atom is -0.369 e. The predicted octanol–water partition coefficient (Wildman–Crippen LogP) is 2.79. The first-order chi connectivity index (χ1) is 16.0. The molecule has 174 valence electrons. The second-order valence-corrected chi connectivity index (χ2v) is 9.24. The molecule has 0 aliphatic carbocycles. The lowest BCUT2D eigenvalue weighted by Gasteiger charge is -2.16. The number of nitrogens with zero attached hydrogens (tertiary/aromatic N) is 5. The first-order valence-electron chi connectivity index (χ1n) is 11.1. The molecular formula is C23H29N7O2S. The van der Waals surface area contributed by atoms with Crippen LogP contribution in [0.5, 0.6) is 0 Å². The van der Waals surface area contributed by atoms with Crippen LogP contribution in [0.4, 0.5) is 11.5 Å². The van der Waals surface area contributed by atoms with E-state index in [1.54, 1.807) is 15.8 Å². The molecule has 0 bridgehead atoms. The molecule has 1 aliphatic heterocycles. The van der Waals surface area contributed by atoms with Gasteiger partial charge < -0.3 is 15.5 Å². The van der Waals surface area contributed by atoms with Crippen LogP contribution in [-0.4, -0.2) is 57.5 Å². The number of anilines is 2. The van der Waals surface area contributed by atoms with E-state index in [0.717, 1.165) is 29.1 Å². The van der Waals surface area contributed by atoms with Gasteiger partial charge in [-0.15, -0.1) is 0 Å². The molecule has 0 spiro atoms. The largest absolute Gasteiger partial charge is 0.369 e. The van der Waals surface area contributed by atoms with Gasteiger partial charge in [0.25, 0.3) is 0 Å². The molecule has 0 saturated carbocycles. The lowest BCUT2D eigenvalue weighted by atomic mass is 10.1. The lowest BCUT2D eigenvalue weighted by Crippen LogP contribution is -2.35. The van der Waals surface area contributed by atoms with Crippen LogP contribution in [0.1, 0.15) is 20.3 Å². The van der Waals surface area contributed by atoms with Crippen LogP contribution in [0.25, 0.3) is 11.0 Å². The zero-order chi connectivity index (χ0) is 23.4. The van der Waals surface area contributed by atoms with Crippen molar-refractivity contribution in [3.63, 3.8) is 0 Å². The smallest absolute Gasteiger partial charge is 0.227 e. The van der Waals surface area contributed by atoms with Crippen molar-refractivity contribution in [2.24, 2.45) is 11.8 Å². The summed E-state index contributed by atoms with van der Waals surface area (Å²) < 4.78 is 1.79. The number of hydrogen-bond donors (Lipinski definition) is 2. The molecule has 3 aromatic rings. The van der Waals surface area contributed by atoms with E-state index < -0.39 is 0 Å². The third-order valence-corrected chi connectivity index (χ3v) is 6.07.